The van der Waals surface area contributed by atoms with E-state index in [1.54, 1.807) is 48.5 Å². The predicted octanol–water partition coefficient (Wildman–Crippen LogP) is 1.97. The van der Waals surface area contributed by atoms with Crippen LogP contribution in [0.15, 0.2) is 48.5 Å². The largest absolute Gasteiger partial charge is 0.340 e. The first-order chi connectivity index (χ1) is 12.4. The van der Waals surface area contributed by atoms with Gasteiger partial charge in [0, 0.05) is 11.3 Å². The van der Waals surface area contributed by atoms with Gasteiger partial charge in [-0.15, -0.1) is 0 Å². The first-order valence-corrected chi connectivity index (χ1v) is 8.05. The highest BCUT2D eigenvalue weighted by molar-refractivity contribution is 6.11. The Bertz CT molecular complexity index is 907. The van der Waals surface area contributed by atoms with Crippen molar-refractivity contribution in [3.05, 3.63) is 59.7 Å². The normalized spacial score (nSPS) is 16.0. The van der Waals surface area contributed by atoms with Crippen molar-refractivity contribution in [3.63, 3.8) is 0 Å². The molecule has 2 aromatic carbocycles. The first kappa shape index (κ1) is 17.3. The summed E-state index contributed by atoms with van der Waals surface area (Å²) >= 11 is 0. The van der Waals surface area contributed by atoms with Crippen molar-refractivity contribution in [2.45, 2.75) is 19.4 Å². The lowest BCUT2D eigenvalue weighted by Gasteiger charge is -2.14. The number of fused-ring (bicyclic) bond motifs is 1. The number of hydrogen-bond donors (Lipinski definition) is 3. The van der Waals surface area contributed by atoms with Crippen molar-refractivity contribution < 1.29 is 19.2 Å². The Hall–Kier alpha value is -3.48. The molecule has 0 spiro atoms. The third kappa shape index (κ3) is 3.77. The molecule has 0 bridgehead atoms. The van der Waals surface area contributed by atoms with Gasteiger partial charge in [0.25, 0.3) is 5.91 Å². The molecule has 2 aromatic rings. The number of ketones is 1. The minimum atomic E-state index is -0.995. The van der Waals surface area contributed by atoms with E-state index in [0.717, 1.165) is 0 Å². The molecule has 0 fully saturated rings. The third-order valence-corrected chi connectivity index (χ3v) is 3.99. The van der Waals surface area contributed by atoms with Crippen molar-refractivity contribution in [1.82, 2.24) is 5.32 Å². The number of anilines is 2. The van der Waals surface area contributed by atoms with Crippen LogP contribution in [0.4, 0.5) is 11.4 Å². The van der Waals surface area contributed by atoms with E-state index in [1.165, 1.54) is 6.92 Å². The fourth-order valence-corrected chi connectivity index (χ4v) is 2.67. The lowest BCUT2D eigenvalue weighted by molar-refractivity contribution is -0.122. The van der Waals surface area contributed by atoms with E-state index in [9.17, 15) is 19.2 Å². The molecule has 3 N–H and O–H groups in total. The number of para-hydroxylation sites is 1. The maximum atomic E-state index is 12.3. The van der Waals surface area contributed by atoms with Crippen LogP contribution in [0.2, 0.25) is 0 Å². The van der Waals surface area contributed by atoms with E-state index in [2.05, 4.69) is 16.0 Å². The molecule has 7 nitrogen and oxygen atoms in total. The second kappa shape index (κ2) is 7.18. The van der Waals surface area contributed by atoms with E-state index in [-0.39, 0.29) is 12.2 Å². The lowest BCUT2D eigenvalue weighted by Crippen LogP contribution is -2.43. The SMILES string of the molecule is CC(=O)c1cccc(NC(=O)C[C@H]2NC(=O)c3ccccc3NC2=O)c1. The molecule has 1 heterocycles. The van der Waals surface area contributed by atoms with Gasteiger partial charge in [0.15, 0.2) is 5.78 Å². The molecule has 0 saturated heterocycles. The van der Waals surface area contributed by atoms with E-state index in [4.69, 9.17) is 0 Å². The molecule has 0 aliphatic carbocycles. The molecule has 1 aliphatic heterocycles. The van der Waals surface area contributed by atoms with Gasteiger partial charge in [-0.25, -0.2) is 0 Å². The summed E-state index contributed by atoms with van der Waals surface area (Å²) in [5, 5.41) is 7.85. The third-order valence-electron chi connectivity index (χ3n) is 3.99. The molecular weight excluding hydrogens is 334 g/mol. The molecule has 0 aromatic heterocycles. The summed E-state index contributed by atoms with van der Waals surface area (Å²) < 4.78 is 0. The van der Waals surface area contributed by atoms with Gasteiger partial charge in [-0.1, -0.05) is 24.3 Å². The minimum absolute atomic E-state index is 0.116. The predicted molar refractivity (Wildman–Crippen MR) is 96.0 cm³/mol. The van der Waals surface area contributed by atoms with Gasteiger partial charge in [0.05, 0.1) is 17.7 Å². The molecule has 26 heavy (non-hydrogen) atoms. The molecule has 0 unspecified atom stereocenters. The first-order valence-electron chi connectivity index (χ1n) is 8.05. The van der Waals surface area contributed by atoms with Gasteiger partial charge in [-0.05, 0) is 31.2 Å². The standard InChI is InChI=1S/C19H17N3O4/c1-11(23)12-5-4-6-13(9-12)20-17(24)10-16-19(26)21-15-8-3-2-7-14(15)18(25)22-16/h2-9,16H,10H2,1H3,(H,20,24)(H,21,26)(H,22,25)/t16-/m1/s1. The van der Waals surface area contributed by atoms with Crippen LogP contribution in [0.5, 0.6) is 0 Å². The summed E-state index contributed by atoms with van der Waals surface area (Å²) in [5.74, 6) is -1.45. The number of carbonyl (C=O) groups excluding carboxylic acids is 4. The summed E-state index contributed by atoms with van der Waals surface area (Å²) in [6.45, 7) is 1.43. The summed E-state index contributed by atoms with van der Waals surface area (Å²) in [7, 11) is 0. The maximum absolute atomic E-state index is 12.3. The van der Waals surface area contributed by atoms with Gasteiger partial charge < -0.3 is 16.0 Å². The number of rotatable bonds is 4. The Morgan fingerprint density at radius 3 is 2.62 bits per heavy atom. The number of nitrogens with one attached hydrogen (secondary N) is 3. The zero-order valence-corrected chi connectivity index (χ0v) is 14.0. The summed E-state index contributed by atoms with van der Waals surface area (Å²) in [5.41, 5.74) is 1.68. The Morgan fingerprint density at radius 2 is 1.85 bits per heavy atom. The molecular formula is C19H17N3O4. The van der Waals surface area contributed by atoms with E-state index < -0.39 is 23.8 Å². The van der Waals surface area contributed by atoms with E-state index >= 15 is 0 Å². The number of hydrogen-bond acceptors (Lipinski definition) is 4. The second-order valence-electron chi connectivity index (χ2n) is 5.95. The van der Waals surface area contributed by atoms with Crippen molar-refractivity contribution in [3.8, 4) is 0 Å². The average molecular weight is 351 g/mol. The smallest absolute Gasteiger partial charge is 0.254 e. The van der Waals surface area contributed by atoms with Gasteiger partial charge in [-0.3, -0.25) is 19.2 Å². The molecule has 1 atom stereocenters. The van der Waals surface area contributed by atoms with Crippen LogP contribution in [0.1, 0.15) is 34.1 Å². The van der Waals surface area contributed by atoms with Crippen LogP contribution < -0.4 is 16.0 Å². The zero-order valence-electron chi connectivity index (χ0n) is 14.0. The zero-order chi connectivity index (χ0) is 18.7. The van der Waals surface area contributed by atoms with Crippen molar-refractivity contribution in [1.29, 1.82) is 0 Å². The number of Topliss-reactive ketones (excluding diaryl/α,β-unsaturated/α-hetero) is 1. The quantitative estimate of drug-likeness (QED) is 0.733. The summed E-state index contributed by atoms with van der Waals surface area (Å²) in [4.78, 5) is 48.2. The number of carbonyl (C=O) groups is 4. The highest BCUT2D eigenvalue weighted by atomic mass is 16.2. The fraction of sp³-hybridized carbons (Fsp3) is 0.158. The Kier molecular flexibility index (Phi) is 4.79. The topological polar surface area (TPSA) is 104 Å². The molecule has 0 saturated carbocycles. The summed E-state index contributed by atoms with van der Waals surface area (Å²) in [6, 6.07) is 12.1. The molecule has 132 valence electrons. The van der Waals surface area contributed by atoms with E-state index in [1.807, 2.05) is 0 Å². The van der Waals surface area contributed by atoms with Gasteiger partial charge in [-0.2, -0.15) is 0 Å². The Balaban J connectivity index is 1.70. The molecule has 3 amide bonds. The van der Waals surface area contributed by atoms with Crippen LogP contribution in [-0.4, -0.2) is 29.5 Å². The fourth-order valence-electron chi connectivity index (χ4n) is 2.67. The van der Waals surface area contributed by atoms with Crippen molar-refractivity contribution in [2.75, 3.05) is 10.6 Å². The van der Waals surface area contributed by atoms with Gasteiger partial charge in [0.1, 0.15) is 6.04 Å². The summed E-state index contributed by atoms with van der Waals surface area (Å²) in [6.07, 6.45) is -0.226. The van der Waals surface area contributed by atoms with Crippen molar-refractivity contribution in [2.24, 2.45) is 0 Å². The molecule has 7 heteroatoms. The van der Waals surface area contributed by atoms with Crippen molar-refractivity contribution >= 4 is 34.9 Å². The van der Waals surface area contributed by atoms with E-state index in [0.29, 0.717) is 22.5 Å². The van der Waals surface area contributed by atoms with Crippen LogP contribution in [0.3, 0.4) is 0 Å². The Labute approximate surface area is 149 Å². The average Bonchev–Trinajstić information content (AvgIpc) is 2.72. The molecule has 0 radical (unpaired) electrons. The number of benzene rings is 2. The maximum Gasteiger partial charge on any atom is 0.254 e. The highest BCUT2D eigenvalue weighted by Gasteiger charge is 2.29. The van der Waals surface area contributed by atoms with Crippen LogP contribution in [-0.2, 0) is 9.59 Å². The van der Waals surface area contributed by atoms with Crippen LogP contribution in [0, 0.1) is 0 Å². The second-order valence-corrected chi connectivity index (χ2v) is 5.95. The Morgan fingerprint density at radius 1 is 1.08 bits per heavy atom. The monoisotopic (exact) mass is 351 g/mol. The van der Waals surface area contributed by atoms with Gasteiger partial charge >= 0.3 is 0 Å². The van der Waals surface area contributed by atoms with Crippen LogP contribution in [0.25, 0.3) is 0 Å². The molecule has 3 rings (SSSR count). The van der Waals surface area contributed by atoms with Crippen LogP contribution >= 0.6 is 0 Å². The minimum Gasteiger partial charge on any atom is -0.340 e. The lowest BCUT2D eigenvalue weighted by atomic mass is 10.1. The number of amides is 3. The highest BCUT2D eigenvalue weighted by Crippen LogP contribution is 2.19. The molecule has 1 aliphatic rings. The van der Waals surface area contributed by atoms with Gasteiger partial charge in [0.2, 0.25) is 11.8 Å².